The smallest absolute Gasteiger partial charge is 0.300 e. The van der Waals surface area contributed by atoms with E-state index in [-0.39, 0.29) is 0 Å². The lowest BCUT2D eigenvalue weighted by Crippen LogP contribution is -2.53. The number of aliphatic carboxylic acids is 3. The first-order chi connectivity index (χ1) is 12.6. The van der Waals surface area contributed by atoms with Crippen molar-refractivity contribution < 1.29 is 29.7 Å². The molecule has 162 valence electrons. The van der Waals surface area contributed by atoms with E-state index in [0.717, 1.165) is 40.4 Å². The Labute approximate surface area is 162 Å². The number of carboxylic acids is 3. The molecule has 1 saturated heterocycles. The number of nitrogens with zero attached hydrogens (tertiary/aromatic N) is 1. The third kappa shape index (κ3) is 51.6. The third-order valence-electron chi connectivity index (χ3n) is 2.78. The quantitative estimate of drug-likeness (QED) is 0.409. The molecular formula is C17H38N4O6. The first-order valence-electron chi connectivity index (χ1n) is 9.20. The zero-order valence-electron chi connectivity index (χ0n) is 17.1. The fourth-order valence-electron chi connectivity index (χ4n) is 1.90. The van der Waals surface area contributed by atoms with Crippen molar-refractivity contribution in [2.24, 2.45) is 0 Å². The van der Waals surface area contributed by atoms with Gasteiger partial charge in [0.25, 0.3) is 17.9 Å². The highest BCUT2D eigenvalue weighted by atomic mass is 16.4. The molecule has 0 saturated carbocycles. The maximum absolute atomic E-state index is 9.00. The second kappa shape index (κ2) is 24.2. The zero-order chi connectivity index (χ0) is 21.5. The molecule has 0 unspecified atom stereocenters. The summed E-state index contributed by atoms with van der Waals surface area (Å²) >= 11 is 0. The van der Waals surface area contributed by atoms with Gasteiger partial charge in [-0.2, -0.15) is 11.1 Å². The van der Waals surface area contributed by atoms with Gasteiger partial charge in [0.2, 0.25) is 0 Å². The molecule has 1 aliphatic rings. The van der Waals surface area contributed by atoms with Crippen molar-refractivity contribution in [2.45, 2.75) is 72.6 Å². The van der Waals surface area contributed by atoms with Gasteiger partial charge in [0.1, 0.15) is 0 Å². The van der Waals surface area contributed by atoms with Gasteiger partial charge in [0, 0.05) is 40.4 Å². The first-order valence-corrected chi connectivity index (χ1v) is 9.20. The van der Waals surface area contributed by atoms with E-state index in [1.54, 1.807) is 0 Å². The van der Waals surface area contributed by atoms with Gasteiger partial charge in [0.05, 0.1) is 0 Å². The molecule has 0 aliphatic carbocycles. The molecule has 0 spiro atoms. The summed E-state index contributed by atoms with van der Waals surface area (Å²) in [6, 6.07) is 0. The van der Waals surface area contributed by atoms with Gasteiger partial charge in [0.15, 0.2) is 0 Å². The lowest BCUT2D eigenvalue weighted by Gasteiger charge is -2.23. The minimum absolute atomic E-state index is 0.833. The maximum atomic E-state index is 9.00. The number of hydrazine groups is 3. The van der Waals surface area contributed by atoms with Crippen molar-refractivity contribution in [2.75, 3.05) is 19.6 Å². The lowest BCUT2D eigenvalue weighted by molar-refractivity contribution is -0.135. The van der Waals surface area contributed by atoms with Crippen LogP contribution >= 0.6 is 0 Å². The predicted molar refractivity (Wildman–Crippen MR) is 104 cm³/mol. The number of hydrogen-bond acceptors (Lipinski definition) is 7. The second-order valence-corrected chi connectivity index (χ2v) is 5.83. The topological polar surface area (TPSA) is 151 Å². The van der Waals surface area contributed by atoms with Crippen molar-refractivity contribution in [1.29, 1.82) is 0 Å². The Bertz CT molecular complexity index is 317. The third-order valence-corrected chi connectivity index (χ3v) is 2.78. The first kappa shape index (κ1) is 30.0. The Kier molecular flexibility index (Phi) is 26.9. The van der Waals surface area contributed by atoms with Crippen LogP contribution in [0.15, 0.2) is 0 Å². The maximum Gasteiger partial charge on any atom is 0.300 e. The summed E-state index contributed by atoms with van der Waals surface area (Å²) in [7, 11) is 0. The molecule has 1 aliphatic heterocycles. The van der Waals surface area contributed by atoms with Crippen molar-refractivity contribution >= 4 is 17.9 Å². The molecule has 10 heteroatoms. The summed E-state index contributed by atoms with van der Waals surface area (Å²) in [6.07, 6.45) is 9.27. The molecule has 1 fully saturated rings. The Balaban J connectivity index is -0.000000394. The fraction of sp³-hybridized carbons (Fsp3) is 0.824. The Morgan fingerprint density at radius 1 is 0.815 bits per heavy atom. The molecule has 0 amide bonds. The van der Waals surface area contributed by atoms with Gasteiger partial charge < -0.3 is 15.3 Å². The summed E-state index contributed by atoms with van der Waals surface area (Å²) < 4.78 is 0. The van der Waals surface area contributed by atoms with Crippen LogP contribution in [0.5, 0.6) is 0 Å². The van der Waals surface area contributed by atoms with Crippen LogP contribution in [0.1, 0.15) is 72.6 Å². The summed E-state index contributed by atoms with van der Waals surface area (Å²) in [5.41, 5.74) is 9.46. The number of nitrogens with one attached hydrogen (secondary N) is 3. The van der Waals surface area contributed by atoms with Crippen molar-refractivity contribution in [3.8, 4) is 0 Å². The van der Waals surface area contributed by atoms with Crippen LogP contribution in [-0.4, -0.2) is 57.9 Å². The highest BCUT2D eigenvalue weighted by Crippen LogP contribution is 2.05. The Morgan fingerprint density at radius 2 is 1.22 bits per heavy atom. The highest BCUT2D eigenvalue weighted by Gasteiger charge is 2.02. The van der Waals surface area contributed by atoms with E-state index < -0.39 is 17.9 Å². The zero-order valence-corrected chi connectivity index (χ0v) is 17.1. The van der Waals surface area contributed by atoms with Crippen LogP contribution in [0.4, 0.5) is 0 Å². The molecule has 1 rings (SSSR count). The van der Waals surface area contributed by atoms with Crippen LogP contribution in [0, 0.1) is 0 Å². The average Bonchev–Trinajstić information content (AvgIpc) is 2.48. The van der Waals surface area contributed by atoms with E-state index in [0.29, 0.717) is 0 Å². The highest BCUT2D eigenvalue weighted by molar-refractivity contribution is 5.63. The Hall–Kier alpha value is -1.75. The van der Waals surface area contributed by atoms with Crippen molar-refractivity contribution in [3.05, 3.63) is 0 Å². The van der Waals surface area contributed by atoms with E-state index in [9.17, 15) is 0 Å². The standard InChI is InChI=1S/C11H26N4.3C2H4O2/c1-2-10-15-11-8-6-4-3-5-7-9-12-13-14-15;3*1-2(3)4/h12-14H,2-11H2,1H3;3*1H3,(H,3,4). The fourth-order valence-corrected chi connectivity index (χ4v) is 1.90. The van der Waals surface area contributed by atoms with E-state index in [1.165, 1.54) is 44.9 Å². The molecule has 0 aromatic rings. The average molecular weight is 395 g/mol. The SMILES string of the molecule is CC(=O)O.CC(=O)O.CC(=O)O.CCCN1CCCCCCCCNNN1. The number of carbonyl (C=O) groups is 3. The van der Waals surface area contributed by atoms with Gasteiger partial charge in [-0.25, -0.2) is 10.4 Å². The minimum atomic E-state index is -0.833. The van der Waals surface area contributed by atoms with Gasteiger partial charge in [-0.05, 0) is 19.3 Å². The van der Waals surface area contributed by atoms with E-state index in [1.807, 2.05) is 0 Å². The Morgan fingerprint density at radius 3 is 1.67 bits per heavy atom. The monoisotopic (exact) mass is 394 g/mol. The normalized spacial score (nSPS) is 15.6. The van der Waals surface area contributed by atoms with Crippen LogP contribution in [-0.2, 0) is 14.4 Å². The molecule has 0 bridgehead atoms. The van der Waals surface area contributed by atoms with Crippen molar-refractivity contribution in [3.63, 3.8) is 0 Å². The summed E-state index contributed by atoms with van der Waals surface area (Å²) in [6.45, 7) is 8.76. The number of rotatable bonds is 2. The lowest BCUT2D eigenvalue weighted by atomic mass is 10.1. The molecule has 6 N–H and O–H groups in total. The number of carboxylic acid groups (broad SMARTS) is 3. The number of hydrogen-bond donors (Lipinski definition) is 6. The van der Waals surface area contributed by atoms with Gasteiger partial charge in [-0.3, -0.25) is 14.4 Å². The van der Waals surface area contributed by atoms with Gasteiger partial charge >= 0.3 is 0 Å². The minimum Gasteiger partial charge on any atom is -0.481 e. The second-order valence-electron chi connectivity index (χ2n) is 5.83. The molecule has 0 atom stereocenters. The largest absolute Gasteiger partial charge is 0.481 e. The van der Waals surface area contributed by atoms with Gasteiger partial charge in [-0.1, -0.05) is 32.6 Å². The van der Waals surface area contributed by atoms with E-state index >= 15 is 0 Å². The summed E-state index contributed by atoms with van der Waals surface area (Å²) in [4.78, 5) is 27.0. The summed E-state index contributed by atoms with van der Waals surface area (Å²) in [5.74, 6) is -2.50. The molecule has 0 aromatic carbocycles. The van der Waals surface area contributed by atoms with Crippen LogP contribution < -0.4 is 16.5 Å². The van der Waals surface area contributed by atoms with Crippen LogP contribution in [0.2, 0.25) is 0 Å². The molecule has 0 radical (unpaired) electrons. The predicted octanol–water partition coefficient (Wildman–Crippen LogP) is 1.84. The van der Waals surface area contributed by atoms with Crippen molar-refractivity contribution in [1.82, 2.24) is 21.5 Å². The molecule has 1 heterocycles. The van der Waals surface area contributed by atoms with Crippen LogP contribution in [0.25, 0.3) is 0 Å². The summed E-state index contributed by atoms with van der Waals surface area (Å²) in [5, 5.41) is 24.5. The van der Waals surface area contributed by atoms with E-state index in [2.05, 4.69) is 28.4 Å². The molecule has 10 nitrogen and oxygen atoms in total. The van der Waals surface area contributed by atoms with E-state index in [4.69, 9.17) is 29.7 Å². The van der Waals surface area contributed by atoms with Crippen LogP contribution in [0.3, 0.4) is 0 Å². The molecule has 27 heavy (non-hydrogen) atoms. The van der Waals surface area contributed by atoms with Gasteiger partial charge in [-0.15, -0.1) is 0 Å². The molecule has 0 aromatic heterocycles. The molecular weight excluding hydrogens is 356 g/mol.